The van der Waals surface area contributed by atoms with Crippen LogP contribution >= 0.6 is 0 Å². The molecule has 16 nitrogen and oxygen atoms in total. The van der Waals surface area contributed by atoms with E-state index in [4.69, 9.17) is 43.1 Å². The summed E-state index contributed by atoms with van der Waals surface area (Å²) >= 11 is 0. The molecule has 0 unspecified atom stereocenters. The first-order valence-corrected chi connectivity index (χ1v) is 18.4. The third-order valence-corrected chi connectivity index (χ3v) is 10.3. The first-order chi connectivity index (χ1) is 27.2. The Bertz CT molecular complexity index is 1980. The topological polar surface area (TPSA) is 173 Å². The second-order valence-corrected chi connectivity index (χ2v) is 13.5. The number of imide groups is 1. The SMILES string of the molecule is COc1ccc(N2C[C@@H]3C(=N2)c2cc4c(cc2[C@@H](c2cc(OC)c(OC)c(OC)c2)[C@H]3C(=O)NCCOCCCCC(=O)ON2C(=O)CCC2=O)OCO4)cc1. The molecule has 1 fully saturated rings. The molecule has 3 aromatic rings. The van der Waals surface area contributed by atoms with Crippen LogP contribution in [0.25, 0.3) is 0 Å². The Kier molecular flexibility index (Phi) is 11.5. The second kappa shape index (κ2) is 16.8. The molecule has 7 rings (SSSR count). The van der Waals surface area contributed by atoms with Gasteiger partial charge in [-0.1, -0.05) is 0 Å². The van der Waals surface area contributed by atoms with Crippen LogP contribution in [-0.2, 0) is 28.8 Å². The molecule has 1 saturated heterocycles. The number of carbonyl (C=O) groups is 4. The number of methoxy groups -OCH3 is 4. The summed E-state index contributed by atoms with van der Waals surface area (Å²) in [6.07, 6.45) is 1.08. The standard InChI is InChI=1S/C40H44N4O12/c1-49-25-10-8-24(9-11-25)43-21-28-37(40(48)41-14-16-53-15-6-5-7-35(47)56-44-33(45)12-13-34(44)46)36(23-17-31(50-2)39(52-4)32(18-23)51-3)26-19-29-30(55-22-54-29)20-27(26)38(28)42-43/h8-11,17-20,28,36-37H,5-7,12-16,21-22H2,1-4H3,(H,41,48)/t28-,36+,37-/m0/s1. The molecule has 4 aliphatic rings. The number of anilines is 1. The highest BCUT2D eigenvalue weighted by Crippen LogP contribution is 2.52. The first-order valence-electron chi connectivity index (χ1n) is 18.4. The van der Waals surface area contributed by atoms with Crippen LogP contribution in [-0.4, -0.2) is 96.0 Å². The van der Waals surface area contributed by atoms with Crippen molar-refractivity contribution in [1.82, 2.24) is 10.4 Å². The lowest BCUT2D eigenvalue weighted by Crippen LogP contribution is -2.46. The Hall–Kier alpha value is -6.03. The van der Waals surface area contributed by atoms with Gasteiger partial charge in [0.1, 0.15) is 5.75 Å². The normalized spacial score (nSPS) is 19.3. The Morgan fingerprint density at radius 3 is 2.21 bits per heavy atom. The van der Waals surface area contributed by atoms with Crippen molar-refractivity contribution in [3.63, 3.8) is 0 Å². The molecule has 3 aliphatic heterocycles. The highest BCUT2D eigenvalue weighted by Gasteiger charge is 2.49. The summed E-state index contributed by atoms with van der Waals surface area (Å²) in [5.41, 5.74) is 4.06. The number of ether oxygens (including phenoxy) is 7. The molecule has 3 aromatic carbocycles. The highest BCUT2D eigenvalue weighted by atomic mass is 16.7. The summed E-state index contributed by atoms with van der Waals surface area (Å²) in [6, 6.07) is 15.2. The van der Waals surface area contributed by atoms with Gasteiger partial charge in [0.15, 0.2) is 23.0 Å². The third kappa shape index (κ3) is 7.60. The third-order valence-electron chi connectivity index (χ3n) is 10.3. The fourth-order valence-corrected chi connectivity index (χ4v) is 7.58. The number of unbranched alkanes of at least 4 members (excludes halogenated alkanes) is 1. The van der Waals surface area contributed by atoms with Crippen LogP contribution in [0.15, 0.2) is 53.6 Å². The van der Waals surface area contributed by atoms with E-state index < -0.39 is 29.6 Å². The number of hydroxylamine groups is 2. The lowest BCUT2D eigenvalue weighted by atomic mass is 9.65. The average molecular weight is 773 g/mol. The van der Waals surface area contributed by atoms with E-state index in [0.29, 0.717) is 65.6 Å². The molecule has 3 atom stereocenters. The zero-order valence-electron chi connectivity index (χ0n) is 31.7. The Morgan fingerprint density at radius 2 is 1.55 bits per heavy atom. The van der Waals surface area contributed by atoms with Crippen LogP contribution in [0.2, 0.25) is 0 Å². The van der Waals surface area contributed by atoms with Crippen molar-refractivity contribution in [2.45, 2.75) is 38.0 Å². The van der Waals surface area contributed by atoms with Gasteiger partial charge in [-0.2, -0.15) is 5.10 Å². The van der Waals surface area contributed by atoms with Crippen molar-refractivity contribution in [3.8, 4) is 34.5 Å². The summed E-state index contributed by atoms with van der Waals surface area (Å²) < 4.78 is 40.0. The number of hydrogen-bond donors (Lipinski definition) is 1. The van der Waals surface area contributed by atoms with E-state index in [1.165, 1.54) is 0 Å². The van der Waals surface area contributed by atoms with Crippen molar-refractivity contribution < 1.29 is 57.2 Å². The van der Waals surface area contributed by atoms with Crippen molar-refractivity contribution in [3.05, 3.63) is 65.2 Å². The van der Waals surface area contributed by atoms with Gasteiger partial charge in [-0.25, -0.2) is 4.79 Å². The van der Waals surface area contributed by atoms with Gasteiger partial charge in [0.2, 0.25) is 18.4 Å². The van der Waals surface area contributed by atoms with Crippen LogP contribution in [0.5, 0.6) is 34.5 Å². The van der Waals surface area contributed by atoms with Gasteiger partial charge in [0.05, 0.1) is 58.9 Å². The van der Waals surface area contributed by atoms with E-state index in [1.807, 2.05) is 53.5 Å². The number of nitrogens with one attached hydrogen (secondary N) is 1. The maximum absolute atomic E-state index is 14.6. The van der Waals surface area contributed by atoms with E-state index in [9.17, 15) is 19.2 Å². The van der Waals surface area contributed by atoms with E-state index in [0.717, 1.165) is 28.1 Å². The number of hydrogen-bond acceptors (Lipinski definition) is 14. The molecular weight excluding hydrogens is 728 g/mol. The van der Waals surface area contributed by atoms with E-state index in [2.05, 4.69) is 5.32 Å². The lowest BCUT2D eigenvalue weighted by molar-refractivity contribution is -0.197. The van der Waals surface area contributed by atoms with Crippen molar-refractivity contribution in [2.24, 2.45) is 16.9 Å². The molecular formula is C40H44N4O12. The molecule has 3 heterocycles. The van der Waals surface area contributed by atoms with Crippen LogP contribution in [0, 0.1) is 11.8 Å². The lowest BCUT2D eigenvalue weighted by Gasteiger charge is -2.38. The van der Waals surface area contributed by atoms with Crippen molar-refractivity contribution >= 4 is 35.1 Å². The van der Waals surface area contributed by atoms with Crippen molar-refractivity contribution in [2.75, 3.05) is 66.5 Å². The minimum Gasteiger partial charge on any atom is -0.497 e. The molecule has 56 heavy (non-hydrogen) atoms. The van der Waals surface area contributed by atoms with E-state index in [1.54, 1.807) is 28.4 Å². The summed E-state index contributed by atoms with van der Waals surface area (Å²) in [5.74, 6) is -0.141. The predicted molar refractivity (Wildman–Crippen MR) is 199 cm³/mol. The summed E-state index contributed by atoms with van der Waals surface area (Å²) in [7, 11) is 6.26. The number of carbonyl (C=O) groups excluding carboxylic acids is 4. The fraction of sp³-hybridized carbons (Fsp3) is 0.425. The zero-order valence-corrected chi connectivity index (χ0v) is 31.7. The number of hydrazone groups is 1. The molecule has 3 amide bonds. The minimum atomic E-state index is -0.652. The second-order valence-electron chi connectivity index (χ2n) is 13.5. The smallest absolute Gasteiger partial charge is 0.333 e. The molecule has 296 valence electrons. The van der Waals surface area contributed by atoms with Gasteiger partial charge in [0, 0.05) is 49.8 Å². The Morgan fingerprint density at radius 1 is 0.857 bits per heavy atom. The molecule has 16 heteroatoms. The van der Waals surface area contributed by atoms with Crippen LogP contribution in [0.3, 0.4) is 0 Å². The molecule has 0 bridgehead atoms. The number of benzene rings is 3. The minimum absolute atomic E-state index is 0.0296. The quantitative estimate of drug-likeness (QED) is 0.164. The summed E-state index contributed by atoms with van der Waals surface area (Å²) in [6.45, 7) is 1.30. The van der Waals surface area contributed by atoms with Gasteiger partial charge >= 0.3 is 5.97 Å². The zero-order chi connectivity index (χ0) is 39.3. The predicted octanol–water partition coefficient (Wildman–Crippen LogP) is 3.96. The van der Waals surface area contributed by atoms with E-state index in [-0.39, 0.29) is 51.0 Å². The van der Waals surface area contributed by atoms with E-state index >= 15 is 0 Å². The molecule has 0 saturated carbocycles. The largest absolute Gasteiger partial charge is 0.497 e. The van der Waals surface area contributed by atoms with Gasteiger partial charge in [0.25, 0.3) is 11.8 Å². The maximum atomic E-state index is 14.6. The summed E-state index contributed by atoms with van der Waals surface area (Å²) in [5, 5.41) is 10.7. The fourth-order valence-electron chi connectivity index (χ4n) is 7.58. The monoisotopic (exact) mass is 772 g/mol. The average Bonchev–Trinajstić information content (AvgIpc) is 3.95. The van der Waals surface area contributed by atoms with Crippen molar-refractivity contribution in [1.29, 1.82) is 0 Å². The van der Waals surface area contributed by atoms with Gasteiger partial charge < -0.3 is 43.3 Å². The molecule has 0 aromatic heterocycles. The number of amides is 3. The van der Waals surface area contributed by atoms with Crippen LogP contribution in [0.1, 0.15) is 54.7 Å². The van der Waals surface area contributed by atoms with Crippen LogP contribution < -0.4 is 38.7 Å². The highest BCUT2D eigenvalue weighted by molar-refractivity contribution is 6.10. The molecule has 1 aliphatic carbocycles. The van der Waals surface area contributed by atoms with Gasteiger partial charge in [-0.3, -0.25) is 19.4 Å². The Balaban J connectivity index is 1.11. The number of nitrogens with zero attached hydrogens (tertiary/aromatic N) is 3. The number of rotatable bonds is 16. The summed E-state index contributed by atoms with van der Waals surface area (Å²) in [4.78, 5) is 55.0. The molecule has 1 N–H and O–H groups in total. The van der Waals surface area contributed by atoms with Gasteiger partial charge in [-0.15, -0.1) is 5.06 Å². The molecule has 0 spiro atoms. The van der Waals surface area contributed by atoms with Crippen LogP contribution in [0.4, 0.5) is 5.69 Å². The molecule has 0 radical (unpaired) electrons. The first kappa shape index (κ1) is 38.3. The Labute approximate surface area is 323 Å². The van der Waals surface area contributed by atoms with Gasteiger partial charge in [-0.05, 0) is 72.5 Å². The number of fused-ring (bicyclic) bond motifs is 4. The maximum Gasteiger partial charge on any atom is 0.333 e.